The van der Waals surface area contributed by atoms with Gasteiger partial charge in [-0.25, -0.2) is 0 Å². The van der Waals surface area contributed by atoms with Crippen molar-refractivity contribution in [3.63, 3.8) is 0 Å². The quantitative estimate of drug-likeness (QED) is 0.589. The van der Waals surface area contributed by atoms with Crippen LogP contribution in [0.25, 0.3) is 0 Å². The van der Waals surface area contributed by atoms with Crippen molar-refractivity contribution < 1.29 is 9.59 Å². The Morgan fingerprint density at radius 2 is 1.85 bits per heavy atom. The van der Waals surface area contributed by atoms with Crippen LogP contribution in [0.4, 0.5) is 0 Å². The van der Waals surface area contributed by atoms with E-state index < -0.39 is 6.04 Å². The van der Waals surface area contributed by atoms with E-state index in [1.54, 1.807) is 0 Å². The molecule has 0 radical (unpaired) electrons. The van der Waals surface area contributed by atoms with E-state index in [1.165, 1.54) is 6.42 Å². The number of rotatable bonds is 8. The zero-order valence-electron chi connectivity index (χ0n) is 12.5. The molecule has 0 aliphatic heterocycles. The number of nitrogens with one attached hydrogen (secondary N) is 2. The largest absolute Gasteiger partial charge is 0.356 e. The number of nitrogens with two attached hydrogens (primary N) is 1. The van der Waals surface area contributed by atoms with Gasteiger partial charge < -0.3 is 16.4 Å². The predicted octanol–water partition coefficient (Wildman–Crippen LogP) is 1.20. The molecule has 1 fully saturated rings. The summed E-state index contributed by atoms with van der Waals surface area (Å²) in [4.78, 5) is 23.2. The minimum atomic E-state index is -0.436. The summed E-state index contributed by atoms with van der Waals surface area (Å²) in [5.41, 5.74) is 5.82. The van der Waals surface area contributed by atoms with E-state index in [0.717, 1.165) is 25.7 Å². The van der Waals surface area contributed by atoms with E-state index in [0.29, 0.717) is 13.1 Å². The highest BCUT2D eigenvalue weighted by Gasteiger charge is 2.24. The smallest absolute Gasteiger partial charge is 0.237 e. The van der Waals surface area contributed by atoms with Crippen molar-refractivity contribution in [2.45, 2.75) is 52.0 Å². The fourth-order valence-electron chi connectivity index (χ4n) is 1.96. The van der Waals surface area contributed by atoms with E-state index in [4.69, 9.17) is 5.73 Å². The Morgan fingerprint density at radius 1 is 1.25 bits per heavy atom. The highest BCUT2D eigenvalue weighted by atomic mass is 35.5. The van der Waals surface area contributed by atoms with Crippen LogP contribution in [0, 0.1) is 11.8 Å². The van der Waals surface area contributed by atoms with Gasteiger partial charge in [0.05, 0.1) is 6.04 Å². The van der Waals surface area contributed by atoms with Crippen molar-refractivity contribution in [2.75, 3.05) is 13.1 Å². The van der Waals surface area contributed by atoms with Crippen molar-refractivity contribution in [1.82, 2.24) is 10.6 Å². The van der Waals surface area contributed by atoms with Gasteiger partial charge >= 0.3 is 0 Å². The van der Waals surface area contributed by atoms with E-state index in [-0.39, 0.29) is 36.1 Å². The molecule has 0 saturated heterocycles. The third-order valence-corrected chi connectivity index (χ3v) is 3.99. The zero-order valence-corrected chi connectivity index (χ0v) is 13.3. The lowest BCUT2D eigenvalue weighted by atomic mass is 9.85. The molecule has 2 amide bonds. The average molecular weight is 306 g/mol. The first-order valence-electron chi connectivity index (χ1n) is 7.37. The van der Waals surface area contributed by atoms with Crippen LogP contribution in [-0.4, -0.2) is 30.9 Å². The Balaban J connectivity index is 0.00000361. The van der Waals surface area contributed by atoms with Gasteiger partial charge in [-0.2, -0.15) is 0 Å². The van der Waals surface area contributed by atoms with Gasteiger partial charge in [0.15, 0.2) is 0 Å². The third kappa shape index (κ3) is 6.09. The minimum absolute atomic E-state index is 0. The van der Waals surface area contributed by atoms with Crippen LogP contribution in [0.15, 0.2) is 0 Å². The third-order valence-electron chi connectivity index (χ3n) is 3.99. The second-order valence-corrected chi connectivity index (χ2v) is 5.47. The summed E-state index contributed by atoms with van der Waals surface area (Å²) in [5.74, 6) is 0.486. The van der Waals surface area contributed by atoms with Crippen molar-refractivity contribution in [2.24, 2.45) is 17.6 Å². The molecule has 118 valence electrons. The Hall–Kier alpha value is -0.810. The molecule has 1 aliphatic carbocycles. The fraction of sp³-hybridized carbons (Fsp3) is 0.857. The molecule has 0 bridgehead atoms. The molecule has 1 rings (SSSR count). The van der Waals surface area contributed by atoms with Gasteiger partial charge in [0.1, 0.15) is 0 Å². The van der Waals surface area contributed by atoms with Crippen LogP contribution in [0.2, 0.25) is 0 Å². The van der Waals surface area contributed by atoms with Gasteiger partial charge in [0.2, 0.25) is 11.8 Å². The number of hydrogen-bond acceptors (Lipinski definition) is 3. The summed E-state index contributed by atoms with van der Waals surface area (Å²) in [6.07, 6.45) is 4.85. The lowest BCUT2D eigenvalue weighted by molar-refractivity contribution is -0.127. The van der Waals surface area contributed by atoms with Crippen LogP contribution >= 0.6 is 12.4 Å². The van der Waals surface area contributed by atoms with Crippen LogP contribution in [0.1, 0.15) is 46.0 Å². The first kappa shape index (κ1) is 19.2. The summed E-state index contributed by atoms with van der Waals surface area (Å²) in [5, 5.41) is 5.71. The molecule has 6 heteroatoms. The molecule has 4 N–H and O–H groups in total. The highest BCUT2D eigenvalue weighted by molar-refractivity contribution is 5.85. The van der Waals surface area contributed by atoms with Crippen molar-refractivity contribution >= 4 is 24.2 Å². The van der Waals surface area contributed by atoms with Gasteiger partial charge in [-0.1, -0.05) is 26.7 Å². The average Bonchev–Trinajstić information content (AvgIpc) is 2.34. The molecule has 0 heterocycles. The van der Waals surface area contributed by atoms with Crippen LogP contribution < -0.4 is 16.4 Å². The number of halogens is 1. The van der Waals surface area contributed by atoms with Gasteiger partial charge in [-0.15, -0.1) is 12.4 Å². The maximum atomic E-state index is 11.7. The van der Waals surface area contributed by atoms with Crippen molar-refractivity contribution in [3.05, 3.63) is 0 Å². The second-order valence-electron chi connectivity index (χ2n) is 5.47. The van der Waals surface area contributed by atoms with E-state index in [9.17, 15) is 9.59 Å². The van der Waals surface area contributed by atoms with E-state index in [1.807, 2.05) is 13.8 Å². The van der Waals surface area contributed by atoms with Crippen LogP contribution in [-0.2, 0) is 9.59 Å². The Bertz CT molecular complexity index is 309. The molecule has 1 saturated carbocycles. The molecule has 20 heavy (non-hydrogen) atoms. The summed E-state index contributed by atoms with van der Waals surface area (Å²) in [6.45, 7) is 5.18. The standard InChI is InChI=1S/C14H27N3O2.ClH/c1-3-10(2)12(15)14(19)17-9-5-8-16-13(18)11-6-4-7-11;/h10-12H,3-9,15H2,1-2H3,(H,16,18)(H,17,19);1H. The molecule has 2 unspecified atom stereocenters. The molecular weight excluding hydrogens is 278 g/mol. The minimum Gasteiger partial charge on any atom is -0.356 e. The molecule has 2 atom stereocenters. The Morgan fingerprint density at radius 3 is 2.35 bits per heavy atom. The van der Waals surface area contributed by atoms with Gasteiger partial charge in [-0.3, -0.25) is 9.59 Å². The first-order chi connectivity index (χ1) is 9.06. The number of carbonyl (C=O) groups is 2. The maximum absolute atomic E-state index is 11.7. The monoisotopic (exact) mass is 305 g/mol. The Labute approximate surface area is 127 Å². The van der Waals surface area contributed by atoms with Crippen molar-refractivity contribution in [1.29, 1.82) is 0 Å². The lowest BCUT2D eigenvalue weighted by Crippen LogP contribution is -2.45. The maximum Gasteiger partial charge on any atom is 0.237 e. The summed E-state index contributed by atoms with van der Waals surface area (Å²) < 4.78 is 0. The lowest BCUT2D eigenvalue weighted by Gasteiger charge is -2.24. The molecule has 5 nitrogen and oxygen atoms in total. The molecule has 0 aromatic heterocycles. The van der Waals surface area contributed by atoms with Crippen LogP contribution in [0.3, 0.4) is 0 Å². The summed E-state index contributed by atoms with van der Waals surface area (Å²) in [6, 6.07) is -0.436. The van der Waals surface area contributed by atoms with E-state index >= 15 is 0 Å². The predicted molar refractivity (Wildman–Crippen MR) is 82.7 cm³/mol. The zero-order chi connectivity index (χ0) is 14.3. The first-order valence-corrected chi connectivity index (χ1v) is 7.37. The van der Waals surface area contributed by atoms with E-state index in [2.05, 4.69) is 10.6 Å². The topological polar surface area (TPSA) is 84.2 Å². The van der Waals surface area contributed by atoms with Crippen LogP contribution in [0.5, 0.6) is 0 Å². The fourth-order valence-corrected chi connectivity index (χ4v) is 1.96. The number of hydrogen-bond donors (Lipinski definition) is 3. The summed E-state index contributed by atoms with van der Waals surface area (Å²) >= 11 is 0. The molecule has 0 spiro atoms. The van der Waals surface area contributed by atoms with Gasteiger partial charge in [0, 0.05) is 19.0 Å². The summed E-state index contributed by atoms with van der Waals surface area (Å²) in [7, 11) is 0. The molecule has 0 aromatic carbocycles. The SMILES string of the molecule is CCC(C)C(N)C(=O)NCCCNC(=O)C1CCC1.Cl. The molecule has 0 aromatic rings. The number of amides is 2. The highest BCUT2D eigenvalue weighted by Crippen LogP contribution is 2.25. The molecule has 1 aliphatic rings. The Kier molecular flexibility index (Phi) is 9.59. The van der Waals surface area contributed by atoms with Gasteiger partial charge in [-0.05, 0) is 25.2 Å². The second kappa shape index (κ2) is 10.00. The molecular formula is C14H28ClN3O2. The normalized spacial score (nSPS) is 17.4. The van der Waals surface area contributed by atoms with Crippen molar-refractivity contribution in [3.8, 4) is 0 Å². The van der Waals surface area contributed by atoms with Gasteiger partial charge in [0.25, 0.3) is 0 Å². The number of carbonyl (C=O) groups excluding carboxylic acids is 2.